The number of nitrogens with one attached hydrogen (secondary N) is 3. The van der Waals surface area contributed by atoms with E-state index in [4.69, 9.17) is 0 Å². The highest BCUT2D eigenvalue weighted by atomic mass is 32.2. The quantitative estimate of drug-likeness (QED) is 0.190. The molecule has 1 aliphatic heterocycles. The highest BCUT2D eigenvalue weighted by Gasteiger charge is 2.41. The molecular formula is C40H54N4O7S2. The molecule has 1 heterocycles. The molecule has 53 heavy (non-hydrogen) atoms. The number of rotatable bonds is 14. The van der Waals surface area contributed by atoms with E-state index in [2.05, 4.69) is 20.3 Å². The number of aliphatic hydroxyl groups excluding tert-OH is 1. The first-order chi connectivity index (χ1) is 25.0. The molecule has 1 saturated carbocycles. The number of likely N-dealkylation sites (tertiary alicyclic amines) is 1. The summed E-state index contributed by atoms with van der Waals surface area (Å²) in [6.07, 6.45) is 8.65. The number of benzene rings is 3. The molecule has 0 radical (unpaired) electrons. The topological polar surface area (TPSA) is 162 Å². The highest BCUT2D eigenvalue weighted by molar-refractivity contribution is 7.91. The average molecular weight is 767 g/mol. The molecule has 2 fully saturated rings. The van der Waals surface area contributed by atoms with Crippen LogP contribution in [0.1, 0.15) is 58.4 Å². The van der Waals surface area contributed by atoms with Crippen molar-refractivity contribution >= 4 is 42.4 Å². The molecule has 5 rings (SSSR count). The van der Waals surface area contributed by atoms with Gasteiger partial charge in [0.25, 0.3) is 0 Å². The third kappa shape index (κ3) is 11.7. The maximum atomic E-state index is 13.6. The molecule has 288 valence electrons. The second-order valence-electron chi connectivity index (χ2n) is 15.8. The summed E-state index contributed by atoms with van der Waals surface area (Å²) in [5.74, 6) is -1.27. The minimum atomic E-state index is -4.10. The van der Waals surface area contributed by atoms with Crippen LogP contribution in [0.2, 0.25) is 0 Å². The Labute approximate surface area is 314 Å². The zero-order chi connectivity index (χ0) is 38.4. The number of sulfone groups is 1. The smallest absolute Gasteiger partial charge is 0.243 e. The van der Waals surface area contributed by atoms with Crippen LogP contribution < -0.4 is 15.4 Å². The molecule has 4 N–H and O–H groups in total. The molecule has 3 aromatic carbocycles. The lowest BCUT2D eigenvalue weighted by Crippen LogP contribution is -2.59. The molecule has 13 heteroatoms. The van der Waals surface area contributed by atoms with Crippen molar-refractivity contribution < 1.29 is 31.5 Å². The zero-order valence-electron chi connectivity index (χ0n) is 31.1. The normalized spacial score (nSPS) is 21.8. The lowest BCUT2D eigenvalue weighted by molar-refractivity contribution is -0.132. The number of piperidine rings is 1. The largest absolute Gasteiger partial charge is 0.391 e. The molecular weight excluding hydrogens is 713 g/mol. The van der Waals surface area contributed by atoms with Gasteiger partial charge in [0, 0.05) is 30.7 Å². The van der Waals surface area contributed by atoms with Crippen molar-refractivity contribution in [3.63, 3.8) is 0 Å². The molecule has 0 bridgehead atoms. The van der Waals surface area contributed by atoms with Crippen LogP contribution in [0.15, 0.2) is 90.0 Å². The summed E-state index contributed by atoms with van der Waals surface area (Å²) in [6, 6.07) is 19.5. The van der Waals surface area contributed by atoms with Crippen molar-refractivity contribution in [2.75, 3.05) is 25.1 Å². The second kappa shape index (κ2) is 17.2. The Morgan fingerprint density at radius 3 is 2.26 bits per heavy atom. The van der Waals surface area contributed by atoms with Crippen LogP contribution in [-0.2, 0) is 35.9 Å². The number of β-amino-alcohol motifs (C(OH)–C–C–N with tert-alkyl or cyclic N) is 1. The van der Waals surface area contributed by atoms with Crippen LogP contribution in [0.5, 0.6) is 0 Å². The number of carbonyl (C=O) groups excluding carboxylic acids is 2. The number of fused-ring (bicyclic) bond motifs is 2. The molecule has 0 aromatic heterocycles. The SMILES string of the molecule is CC(C)(C)NC(=O)[C@@H]1C[C@@H]2CCCC[C@@H]2CN1C[C@@H](O)[C@@H](/C=C/NC(=O)[C@@H](CS(=O)(=O)c1ccc2ccccc2c1)NS(C)(=O)=O)Cc1ccccc1. The van der Waals surface area contributed by atoms with Gasteiger partial charge in [-0.2, -0.15) is 0 Å². The fourth-order valence-electron chi connectivity index (χ4n) is 7.67. The van der Waals surface area contributed by atoms with E-state index in [0.717, 1.165) is 42.9 Å². The van der Waals surface area contributed by atoms with Crippen LogP contribution in [-0.4, -0.2) is 87.5 Å². The van der Waals surface area contributed by atoms with Gasteiger partial charge in [-0.15, -0.1) is 0 Å². The van der Waals surface area contributed by atoms with E-state index in [-0.39, 0.29) is 23.4 Å². The molecule has 1 aliphatic carbocycles. The number of aliphatic hydroxyl groups is 1. The Balaban J connectivity index is 1.34. The summed E-state index contributed by atoms with van der Waals surface area (Å²) in [5.41, 5.74) is 0.554. The lowest BCUT2D eigenvalue weighted by Gasteiger charge is -2.47. The van der Waals surface area contributed by atoms with Crippen molar-refractivity contribution in [1.29, 1.82) is 0 Å². The van der Waals surface area contributed by atoms with Gasteiger partial charge in [0.1, 0.15) is 6.04 Å². The predicted molar refractivity (Wildman–Crippen MR) is 208 cm³/mol. The van der Waals surface area contributed by atoms with Crippen molar-refractivity contribution in [3.8, 4) is 0 Å². The van der Waals surface area contributed by atoms with Gasteiger partial charge in [-0.3, -0.25) is 14.5 Å². The summed E-state index contributed by atoms with van der Waals surface area (Å²) in [4.78, 5) is 29.2. The fraction of sp³-hybridized carbons (Fsp3) is 0.500. The van der Waals surface area contributed by atoms with Gasteiger partial charge in [0.15, 0.2) is 9.84 Å². The Morgan fingerprint density at radius 1 is 0.925 bits per heavy atom. The first-order valence-corrected chi connectivity index (χ1v) is 22.0. The monoisotopic (exact) mass is 766 g/mol. The van der Waals surface area contributed by atoms with Gasteiger partial charge in [0.05, 0.1) is 29.0 Å². The molecule has 0 unspecified atom stereocenters. The van der Waals surface area contributed by atoms with Gasteiger partial charge < -0.3 is 15.7 Å². The van der Waals surface area contributed by atoms with E-state index in [1.807, 2.05) is 63.2 Å². The first kappa shape index (κ1) is 40.6. The molecule has 3 aromatic rings. The molecule has 1 saturated heterocycles. The standard InChI is InChI=1S/C40H54N4O7S2/c1-40(2,3)42-39(47)36-24-31-16-10-11-17-33(31)25-44(36)26-37(45)32(22-28-12-6-5-7-13-28)20-21-41-38(46)35(43-52(4,48)49)27-53(50,51)34-19-18-29-14-8-9-15-30(29)23-34/h5-9,12-15,18-21,23,31-33,35-37,43,45H,10-11,16-17,22,24-27H2,1-4H3,(H,41,46)(H,42,47)/b21-20+/t31-,32-,33+,35+,36-,37+/m0/s1. The van der Waals surface area contributed by atoms with Crippen molar-refractivity contribution in [2.45, 2.75) is 87.9 Å². The average Bonchev–Trinajstić information content (AvgIpc) is 3.09. The van der Waals surface area contributed by atoms with Crippen molar-refractivity contribution in [1.82, 2.24) is 20.3 Å². The third-order valence-electron chi connectivity index (χ3n) is 10.2. The number of hydrogen-bond donors (Lipinski definition) is 4. The fourth-order valence-corrected chi connectivity index (χ4v) is 9.93. The van der Waals surface area contributed by atoms with E-state index < -0.39 is 55.1 Å². The summed E-state index contributed by atoms with van der Waals surface area (Å²) in [6.45, 7) is 6.83. The van der Waals surface area contributed by atoms with E-state index in [1.165, 1.54) is 24.8 Å². The van der Waals surface area contributed by atoms with Crippen LogP contribution in [0, 0.1) is 17.8 Å². The van der Waals surface area contributed by atoms with E-state index in [9.17, 15) is 31.5 Å². The first-order valence-electron chi connectivity index (χ1n) is 18.4. The van der Waals surface area contributed by atoms with Crippen LogP contribution >= 0.6 is 0 Å². The van der Waals surface area contributed by atoms with Gasteiger partial charge in [-0.25, -0.2) is 21.6 Å². The Hall–Kier alpha value is -3.62. The number of nitrogens with zero attached hydrogens (tertiary/aromatic N) is 1. The maximum Gasteiger partial charge on any atom is 0.243 e. The van der Waals surface area contributed by atoms with Crippen molar-refractivity contribution in [2.24, 2.45) is 17.8 Å². The minimum Gasteiger partial charge on any atom is -0.391 e. The van der Waals surface area contributed by atoms with Crippen LogP contribution in [0.25, 0.3) is 10.8 Å². The van der Waals surface area contributed by atoms with Gasteiger partial charge >= 0.3 is 0 Å². The number of sulfonamides is 1. The number of hydrogen-bond acceptors (Lipinski definition) is 8. The summed E-state index contributed by atoms with van der Waals surface area (Å²) in [5, 5.41) is 19.1. The van der Waals surface area contributed by atoms with Crippen LogP contribution in [0.3, 0.4) is 0 Å². The lowest BCUT2D eigenvalue weighted by atomic mass is 9.72. The molecule has 2 aliphatic rings. The number of carbonyl (C=O) groups is 2. The summed E-state index contributed by atoms with van der Waals surface area (Å²) >= 11 is 0. The summed E-state index contributed by atoms with van der Waals surface area (Å²) in [7, 11) is -8.08. The summed E-state index contributed by atoms with van der Waals surface area (Å²) < 4.78 is 53.7. The maximum absolute atomic E-state index is 13.6. The highest BCUT2D eigenvalue weighted by Crippen LogP contribution is 2.39. The number of amides is 2. The minimum absolute atomic E-state index is 0.0300. The molecule has 11 nitrogen and oxygen atoms in total. The molecule has 2 amide bonds. The van der Waals surface area contributed by atoms with Gasteiger partial charge in [-0.05, 0) is 80.3 Å². The molecule has 6 atom stereocenters. The van der Waals surface area contributed by atoms with Gasteiger partial charge in [-0.1, -0.05) is 86.0 Å². The van der Waals surface area contributed by atoms with E-state index in [1.54, 1.807) is 24.3 Å². The zero-order valence-corrected chi connectivity index (χ0v) is 32.7. The van der Waals surface area contributed by atoms with E-state index >= 15 is 0 Å². The van der Waals surface area contributed by atoms with Gasteiger partial charge in [0.2, 0.25) is 21.8 Å². The third-order valence-corrected chi connectivity index (χ3v) is 12.7. The Bertz CT molecular complexity index is 1980. The molecule has 0 spiro atoms. The Morgan fingerprint density at radius 2 is 1.58 bits per heavy atom. The Kier molecular flexibility index (Phi) is 13.2. The van der Waals surface area contributed by atoms with Crippen LogP contribution in [0.4, 0.5) is 0 Å². The second-order valence-corrected chi connectivity index (χ2v) is 19.6. The predicted octanol–water partition coefficient (Wildman–Crippen LogP) is 4.18. The van der Waals surface area contributed by atoms with Crippen molar-refractivity contribution in [3.05, 3.63) is 90.6 Å². The van der Waals surface area contributed by atoms with E-state index in [0.29, 0.717) is 30.2 Å².